The second kappa shape index (κ2) is 5.00. The van der Waals surface area contributed by atoms with E-state index in [1.54, 1.807) is 18.5 Å². The van der Waals surface area contributed by atoms with Gasteiger partial charge < -0.3 is 0 Å². The summed E-state index contributed by atoms with van der Waals surface area (Å²) in [5.41, 5.74) is 2.34. The molecule has 0 saturated carbocycles. The number of rotatable bonds is 1. The molecule has 22 heavy (non-hydrogen) atoms. The molecule has 1 aliphatic heterocycles. The Kier molecular flexibility index (Phi) is 2.86. The van der Waals surface area contributed by atoms with Gasteiger partial charge in [0.1, 0.15) is 0 Å². The molecule has 4 rings (SSSR count). The number of hydrogen-bond donors (Lipinski definition) is 0. The van der Waals surface area contributed by atoms with E-state index in [0.717, 1.165) is 10.8 Å². The molecule has 1 aromatic heterocycles. The molecule has 0 atom stereocenters. The molecule has 4 nitrogen and oxygen atoms in total. The predicted octanol–water partition coefficient (Wildman–Crippen LogP) is 3.16. The summed E-state index contributed by atoms with van der Waals surface area (Å²) < 4.78 is 0. The van der Waals surface area contributed by atoms with Gasteiger partial charge in [0.25, 0.3) is 0 Å². The Morgan fingerprint density at radius 2 is 1.68 bits per heavy atom. The Balaban J connectivity index is 2.16. The Morgan fingerprint density at radius 1 is 0.818 bits per heavy atom. The molecule has 0 saturated heterocycles. The van der Waals surface area contributed by atoms with Gasteiger partial charge in [-0.25, -0.2) is 0 Å². The highest BCUT2D eigenvalue weighted by Crippen LogP contribution is 2.26. The van der Waals surface area contributed by atoms with Gasteiger partial charge in [0, 0.05) is 17.1 Å². The molecule has 0 spiro atoms. The standard InChI is InChI=1S/C18H11N3O/c22-18-14(15-7-3-4-10-19-15)8-9-16-17(18)13-6-2-1-5-12(13)11-20-21-16/h1-11H. The predicted molar refractivity (Wildman–Crippen MR) is 85.7 cm³/mol. The lowest BCUT2D eigenvalue weighted by molar-refractivity contribution is 1.06. The zero-order valence-corrected chi connectivity index (χ0v) is 11.6. The lowest BCUT2D eigenvalue weighted by Gasteiger charge is -2.05. The van der Waals surface area contributed by atoms with Crippen LogP contribution < -0.4 is 5.43 Å². The molecule has 0 radical (unpaired) electrons. The fraction of sp³-hybridized carbons (Fsp3) is 0. The van der Waals surface area contributed by atoms with Crippen molar-refractivity contribution in [2.45, 2.75) is 0 Å². The SMILES string of the molecule is O=c1c(-c2ccccn2)ccc2nncc3ccccc3c1-2. The second-order valence-electron chi connectivity index (χ2n) is 4.98. The molecule has 0 amide bonds. The molecule has 104 valence electrons. The Bertz CT molecular complexity index is 999. The molecule has 0 unspecified atom stereocenters. The average molecular weight is 285 g/mol. The van der Waals surface area contributed by atoms with E-state index < -0.39 is 0 Å². The van der Waals surface area contributed by atoms with Crippen LogP contribution in [0, 0.1) is 0 Å². The molecule has 0 N–H and O–H groups in total. The van der Waals surface area contributed by atoms with E-state index in [0.29, 0.717) is 22.5 Å². The highest BCUT2D eigenvalue weighted by molar-refractivity contribution is 5.96. The van der Waals surface area contributed by atoms with E-state index in [1.165, 1.54) is 0 Å². The summed E-state index contributed by atoms with van der Waals surface area (Å²) >= 11 is 0. The number of pyridine rings is 1. The van der Waals surface area contributed by atoms with Gasteiger partial charge in [-0.2, -0.15) is 10.2 Å². The van der Waals surface area contributed by atoms with Gasteiger partial charge in [0.05, 0.1) is 23.1 Å². The molecular formula is C18H11N3O. The zero-order valence-electron chi connectivity index (χ0n) is 11.6. The molecule has 4 heteroatoms. The van der Waals surface area contributed by atoms with Crippen LogP contribution in [0.3, 0.4) is 0 Å². The average Bonchev–Trinajstić information content (AvgIpc) is 2.76. The Labute approximate surface area is 126 Å². The molecule has 0 bridgehead atoms. The summed E-state index contributed by atoms with van der Waals surface area (Å²) in [6.45, 7) is 0. The normalized spacial score (nSPS) is 10.9. The van der Waals surface area contributed by atoms with Crippen LogP contribution in [0.15, 0.2) is 71.8 Å². The maximum absolute atomic E-state index is 13.0. The van der Waals surface area contributed by atoms with E-state index in [-0.39, 0.29) is 5.43 Å². The number of benzene rings is 2. The Hall–Kier alpha value is -3.14. The van der Waals surface area contributed by atoms with Crippen molar-refractivity contribution in [2.24, 2.45) is 0 Å². The minimum absolute atomic E-state index is 0.0714. The third kappa shape index (κ3) is 1.93. The van der Waals surface area contributed by atoms with E-state index in [2.05, 4.69) is 15.2 Å². The molecule has 1 aliphatic carbocycles. The first-order valence-electron chi connectivity index (χ1n) is 6.93. The van der Waals surface area contributed by atoms with Gasteiger partial charge in [-0.05, 0) is 29.7 Å². The maximum Gasteiger partial charge on any atom is 0.198 e. The number of fused-ring (bicyclic) bond motifs is 3. The van der Waals surface area contributed by atoms with Crippen molar-refractivity contribution in [3.63, 3.8) is 0 Å². The quantitative estimate of drug-likeness (QED) is 0.539. The van der Waals surface area contributed by atoms with Crippen LogP contribution in [0.1, 0.15) is 0 Å². The van der Waals surface area contributed by atoms with Crippen molar-refractivity contribution in [1.29, 1.82) is 0 Å². The van der Waals surface area contributed by atoms with Crippen LogP contribution in [0.5, 0.6) is 0 Å². The molecule has 2 aliphatic rings. The first kappa shape index (κ1) is 12.6. The summed E-state index contributed by atoms with van der Waals surface area (Å²) in [5, 5.41) is 9.93. The van der Waals surface area contributed by atoms with Crippen molar-refractivity contribution >= 4 is 10.8 Å². The molecule has 1 aromatic carbocycles. The van der Waals surface area contributed by atoms with Crippen LogP contribution in [0.4, 0.5) is 0 Å². The van der Waals surface area contributed by atoms with Gasteiger partial charge in [0.15, 0.2) is 5.43 Å². The number of hydrogen-bond acceptors (Lipinski definition) is 4. The number of aromatic nitrogens is 3. The van der Waals surface area contributed by atoms with Crippen LogP contribution in [0.2, 0.25) is 0 Å². The van der Waals surface area contributed by atoms with Gasteiger partial charge in [-0.3, -0.25) is 9.78 Å². The highest BCUT2D eigenvalue weighted by atomic mass is 16.1. The molecular weight excluding hydrogens is 274 g/mol. The molecule has 0 fully saturated rings. The van der Waals surface area contributed by atoms with E-state index >= 15 is 0 Å². The fourth-order valence-corrected chi connectivity index (χ4v) is 2.63. The van der Waals surface area contributed by atoms with Crippen LogP contribution >= 0.6 is 0 Å². The lowest BCUT2D eigenvalue weighted by Crippen LogP contribution is -2.09. The van der Waals surface area contributed by atoms with Gasteiger partial charge in [-0.15, -0.1) is 0 Å². The van der Waals surface area contributed by atoms with Crippen molar-refractivity contribution in [2.75, 3.05) is 0 Å². The first-order valence-corrected chi connectivity index (χ1v) is 6.93. The van der Waals surface area contributed by atoms with Crippen LogP contribution in [-0.2, 0) is 0 Å². The van der Waals surface area contributed by atoms with Gasteiger partial charge >= 0.3 is 0 Å². The third-order valence-electron chi connectivity index (χ3n) is 3.67. The van der Waals surface area contributed by atoms with Crippen molar-refractivity contribution < 1.29 is 0 Å². The molecule has 2 aromatic rings. The van der Waals surface area contributed by atoms with Crippen molar-refractivity contribution in [3.05, 3.63) is 77.2 Å². The van der Waals surface area contributed by atoms with Crippen molar-refractivity contribution in [1.82, 2.24) is 15.2 Å². The Morgan fingerprint density at radius 3 is 2.55 bits per heavy atom. The smallest absolute Gasteiger partial charge is 0.198 e. The van der Waals surface area contributed by atoms with Crippen LogP contribution in [0.25, 0.3) is 33.3 Å². The highest BCUT2D eigenvalue weighted by Gasteiger charge is 2.15. The topological polar surface area (TPSA) is 55.7 Å². The van der Waals surface area contributed by atoms with E-state index in [4.69, 9.17) is 0 Å². The fourth-order valence-electron chi connectivity index (χ4n) is 2.63. The van der Waals surface area contributed by atoms with Gasteiger partial charge in [-0.1, -0.05) is 30.3 Å². The monoisotopic (exact) mass is 285 g/mol. The summed E-state index contributed by atoms with van der Waals surface area (Å²) in [6, 6.07) is 16.8. The lowest BCUT2D eigenvalue weighted by atomic mass is 9.99. The summed E-state index contributed by atoms with van der Waals surface area (Å²) in [7, 11) is 0. The van der Waals surface area contributed by atoms with E-state index in [1.807, 2.05) is 48.5 Å². The van der Waals surface area contributed by atoms with Crippen LogP contribution in [-0.4, -0.2) is 15.2 Å². The maximum atomic E-state index is 13.0. The van der Waals surface area contributed by atoms with E-state index in [9.17, 15) is 4.79 Å². The summed E-state index contributed by atoms with van der Waals surface area (Å²) in [6.07, 6.45) is 3.36. The first-order chi connectivity index (χ1) is 10.8. The van der Waals surface area contributed by atoms with Crippen molar-refractivity contribution in [3.8, 4) is 22.5 Å². The summed E-state index contributed by atoms with van der Waals surface area (Å²) in [5.74, 6) is 0. The summed E-state index contributed by atoms with van der Waals surface area (Å²) in [4.78, 5) is 17.3. The van der Waals surface area contributed by atoms with Gasteiger partial charge in [0.2, 0.25) is 0 Å². The second-order valence-corrected chi connectivity index (χ2v) is 4.98. The minimum Gasteiger partial charge on any atom is -0.288 e. The largest absolute Gasteiger partial charge is 0.288 e. The minimum atomic E-state index is -0.0714. The molecule has 2 heterocycles. The number of nitrogens with zero attached hydrogens (tertiary/aromatic N) is 3. The third-order valence-corrected chi connectivity index (χ3v) is 3.67. The zero-order chi connectivity index (χ0) is 14.9.